The molecule has 3 heteroatoms. The van der Waals surface area contributed by atoms with Crippen molar-refractivity contribution in [1.29, 1.82) is 0 Å². The molecule has 0 unspecified atom stereocenters. The molecular weight excluding hydrogens is 166 g/mol. The van der Waals surface area contributed by atoms with Gasteiger partial charge in [0.2, 0.25) is 0 Å². The van der Waals surface area contributed by atoms with E-state index >= 15 is 0 Å². The van der Waals surface area contributed by atoms with Gasteiger partial charge in [0.1, 0.15) is 11.5 Å². The van der Waals surface area contributed by atoms with Gasteiger partial charge in [0.15, 0.2) is 0 Å². The average molecular weight is 179 g/mol. The van der Waals surface area contributed by atoms with Crippen LogP contribution in [0.25, 0.3) is 0 Å². The summed E-state index contributed by atoms with van der Waals surface area (Å²) >= 11 is 0. The first-order chi connectivity index (χ1) is 6.27. The number of hydrogen-bond acceptors (Lipinski definition) is 3. The van der Waals surface area contributed by atoms with Crippen LogP contribution in [0.5, 0.6) is 11.5 Å². The molecule has 1 aliphatic heterocycles. The van der Waals surface area contributed by atoms with E-state index in [9.17, 15) is 5.11 Å². The van der Waals surface area contributed by atoms with E-state index in [1.807, 2.05) is 0 Å². The molecule has 0 aliphatic carbocycles. The quantitative estimate of drug-likeness (QED) is 0.689. The van der Waals surface area contributed by atoms with Crippen LogP contribution in [0.4, 0.5) is 5.69 Å². The molecule has 1 aliphatic rings. The van der Waals surface area contributed by atoms with Gasteiger partial charge >= 0.3 is 0 Å². The number of rotatable bonds is 1. The van der Waals surface area contributed by atoms with Crippen molar-refractivity contribution in [1.82, 2.24) is 0 Å². The maximum Gasteiger partial charge on any atom is 0.142 e. The molecule has 0 bridgehead atoms. The maximum absolute atomic E-state index is 9.55. The summed E-state index contributed by atoms with van der Waals surface area (Å²) in [5.41, 5.74) is 0.829. The Morgan fingerprint density at radius 2 is 1.77 bits per heavy atom. The van der Waals surface area contributed by atoms with E-state index in [1.54, 1.807) is 12.1 Å². The lowest BCUT2D eigenvalue weighted by atomic mass is 10.2. The zero-order chi connectivity index (χ0) is 9.26. The number of benzene rings is 1. The number of anilines is 1. The highest BCUT2D eigenvalue weighted by Gasteiger charge is 2.15. The third kappa shape index (κ3) is 1.54. The predicted octanol–water partition coefficient (Wildman–Crippen LogP) is 1.70. The Balaban J connectivity index is 2.29. The van der Waals surface area contributed by atoms with Gasteiger partial charge in [-0.15, -0.1) is 0 Å². The summed E-state index contributed by atoms with van der Waals surface area (Å²) in [6, 6.07) is 4.75. The van der Waals surface area contributed by atoms with Crippen molar-refractivity contribution in [2.75, 3.05) is 18.0 Å². The molecule has 1 aromatic carbocycles. The molecular formula is C10H13NO2. The van der Waals surface area contributed by atoms with Crippen molar-refractivity contribution in [3.63, 3.8) is 0 Å². The van der Waals surface area contributed by atoms with Gasteiger partial charge in [-0.05, 0) is 25.0 Å². The Kier molecular flexibility index (Phi) is 2.00. The Morgan fingerprint density at radius 3 is 2.38 bits per heavy atom. The van der Waals surface area contributed by atoms with Gasteiger partial charge in [-0.25, -0.2) is 0 Å². The Bertz CT molecular complexity index is 306. The molecule has 1 heterocycles. The average Bonchev–Trinajstić information content (AvgIpc) is 2.56. The Morgan fingerprint density at radius 1 is 1.08 bits per heavy atom. The van der Waals surface area contributed by atoms with Crippen LogP contribution in [0.15, 0.2) is 18.2 Å². The largest absolute Gasteiger partial charge is 0.508 e. The summed E-state index contributed by atoms with van der Waals surface area (Å²) in [6.07, 6.45) is 2.36. The van der Waals surface area contributed by atoms with Crippen LogP contribution in [0.2, 0.25) is 0 Å². The van der Waals surface area contributed by atoms with Crippen molar-refractivity contribution in [3.8, 4) is 11.5 Å². The highest BCUT2D eigenvalue weighted by Crippen LogP contribution is 2.32. The summed E-state index contributed by atoms with van der Waals surface area (Å²) in [6.45, 7) is 2.00. The highest BCUT2D eigenvalue weighted by molar-refractivity contribution is 5.60. The second-order valence-electron chi connectivity index (χ2n) is 3.37. The van der Waals surface area contributed by atoms with Gasteiger partial charge in [0.05, 0.1) is 5.69 Å². The van der Waals surface area contributed by atoms with E-state index in [2.05, 4.69) is 4.90 Å². The van der Waals surface area contributed by atoms with Crippen LogP contribution in [0.3, 0.4) is 0 Å². The van der Waals surface area contributed by atoms with E-state index in [0.717, 1.165) is 18.8 Å². The standard InChI is InChI=1S/C10H13NO2/c12-8-3-4-9(10(13)7-8)11-5-1-2-6-11/h3-4,7,12-13H,1-2,5-6H2. The third-order valence-electron chi connectivity index (χ3n) is 2.41. The van der Waals surface area contributed by atoms with Crippen molar-refractivity contribution >= 4 is 5.69 Å². The molecule has 13 heavy (non-hydrogen) atoms. The van der Waals surface area contributed by atoms with Crippen molar-refractivity contribution < 1.29 is 10.2 Å². The van der Waals surface area contributed by atoms with E-state index < -0.39 is 0 Å². The molecule has 1 aromatic rings. The lowest BCUT2D eigenvalue weighted by Crippen LogP contribution is -2.17. The first-order valence-electron chi connectivity index (χ1n) is 4.54. The summed E-state index contributed by atoms with van der Waals surface area (Å²) in [5.74, 6) is 0.280. The van der Waals surface area contributed by atoms with Crippen LogP contribution in [0, 0.1) is 0 Å². The highest BCUT2D eigenvalue weighted by atomic mass is 16.3. The van der Waals surface area contributed by atoms with E-state index in [1.165, 1.54) is 18.9 Å². The molecule has 1 saturated heterocycles. The normalized spacial score (nSPS) is 16.5. The first kappa shape index (κ1) is 8.23. The zero-order valence-corrected chi connectivity index (χ0v) is 7.40. The van der Waals surface area contributed by atoms with Crippen LogP contribution in [-0.4, -0.2) is 23.3 Å². The molecule has 0 saturated carbocycles. The number of aromatic hydroxyl groups is 2. The molecule has 1 fully saturated rings. The van der Waals surface area contributed by atoms with E-state index in [0.29, 0.717) is 0 Å². The maximum atomic E-state index is 9.55. The summed E-state index contributed by atoms with van der Waals surface area (Å²) in [5, 5.41) is 18.7. The van der Waals surface area contributed by atoms with Gasteiger partial charge < -0.3 is 15.1 Å². The molecule has 0 radical (unpaired) electrons. The fourth-order valence-corrected chi connectivity index (χ4v) is 1.74. The Hall–Kier alpha value is -1.38. The fourth-order valence-electron chi connectivity index (χ4n) is 1.74. The van der Waals surface area contributed by atoms with Crippen molar-refractivity contribution in [3.05, 3.63) is 18.2 Å². The number of hydrogen-bond donors (Lipinski definition) is 2. The molecule has 70 valence electrons. The van der Waals surface area contributed by atoms with Gasteiger partial charge in [-0.1, -0.05) is 0 Å². The summed E-state index contributed by atoms with van der Waals surface area (Å²) in [4.78, 5) is 2.13. The number of phenolic OH excluding ortho intramolecular Hbond substituents is 2. The lowest BCUT2D eigenvalue weighted by Gasteiger charge is -2.18. The zero-order valence-electron chi connectivity index (χ0n) is 7.40. The summed E-state index contributed by atoms with van der Waals surface area (Å²) < 4.78 is 0. The van der Waals surface area contributed by atoms with Gasteiger partial charge in [0.25, 0.3) is 0 Å². The van der Waals surface area contributed by atoms with E-state index in [4.69, 9.17) is 5.11 Å². The van der Waals surface area contributed by atoms with Crippen molar-refractivity contribution in [2.45, 2.75) is 12.8 Å². The topological polar surface area (TPSA) is 43.7 Å². The van der Waals surface area contributed by atoms with Gasteiger partial charge in [0, 0.05) is 19.2 Å². The lowest BCUT2D eigenvalue weighted by molar-refractivity contribution is 0.450. The minimum Gasteiger partial charge on any atom is -0.508 e. The van der Waals surface area contributed by atoms with E-state index in [-0.39, 0.29) is 11.5 Å². The van der Waals surface area contributed by atoms with Gasteiger partial charge in [-0.3, -0.25) is 0 Å². The molecule has 2 rings (SSSR count). The first-order valence-corrected chi connectivity index (χ1v) is 4.54. The van der Waals surface area contributed by atoms with Crippen molar-refractivity contribution in [2.24, 2.45) is 0 Å². The Labute approximate surface area is 77.2 Å². The van der Waals surface area contributed by atoms with Gasteiger partial charge in [-0.2, -0.15) is 0 Å². The molecule has 0 aromatic heterocycles. The van der Waals surface area contributed by atoms with Crippen LogP contribution in [-0.2, 0) is 0 Å². The second kappa shape index (κ2) is 3.17. The minimum absolute atomic E-state index is 0.112. The fraction of sp³-hybridized carbons (Fsp3) is 0.400. The summed E-state index contributed by atoms with van der Waals surface area (Å²) in [7, 11) is 0. The van der Waals surface area contributed by atoms with Crippen LogP contribution in [0.1, 0.15) is 12.8 Å². The van der Waals surface area contributed by atoms with Crippen LogP contribution >= 0.6 is 0 Å². The predicted molar refractivity (Wildman–Crippen MR) is 51.2 cm³/mol. The number of nitrogens with zero attached hydrogens (tertiary/aromatic N) is 1. The second-order valence-corrected chi connectivity index (χ2v) is 3.37. The minimum atomic E-state index is 0.112. The smallest absolute Gasteiger partial charge is 0.142 e. The molecule has 0 spiro atoms. The molecule has 3 nitrogen and oxygen atoms in total. The molecule has 0 amide bonds. The SMILES string of the molecule is Oc1ccc(N2CCCC2)c(O)c1. The monoisotopic (exact) mass is 179 g/mol. The molecule has 2 N–H and O–H groups in total. The third-order valence-corrected chi connectivity index (χ3v) is 2.41. The molecule has 0 atom stereocenters. The number of phenols is 2. The van der Waals surface area contributed by atoms with Crippen LogP contribution < -0.4 is 4.90 Å².